The highest BCUT2D eigenvalue weighted by Crippen LogP contribution is 2.46. The summed E-state index contributed by atoms with van der Waals surface area (Å²) in [5, 5.41) is 0. The summed E-state index contributed by atoms with van der Waals surface area (Å²) >= 11 is 0. The molecule has 4 rings (SSSR count). The Morgan fingerprint density at radius 1 is 0.652 bits per heavy atom. The molecule has 4 nitrogen and oxygen atoms in total. The number of hydrogen-bond acceptors (Lipinski definition) is 4. The molecule has 1 fully saturated rings. The quantitative estimate of drug-likeness (QED) is 0.363. The Morgan fingerprint density at radius 3 is 1.48 bits per heavy atom. The zero-order valence-corrected chi connectivity index (χ0v) is 12.8. The lowest BCUT2D eigenvalue weighted by Crippen LogP contribution is -2.42. The Morgan fingerprint density at radius 2 is 1.04 bits per heavy atom. The van der Waals surface area contributed by atoms with Gasteiger partial charge < -0.3 is 9.47 Å². The second-order valence-electron chi connectivity index (χ2n) is 6.02. The third-order valence-corrected chi connectivity index (χ3v) is 4.02. The molecule has 1 heterocycles. The standard InChI is InChI=1S/C19H14O4/c1-19(2)22-17(20)16(18(21)23-19)15-13-9-5-3-7-11(13)12-8-4-6-10-14(12)15/h3-10H,1-2H3. The Kier molecular flexibility index (Phi) is 2.73. The predicted molar refractivity (Wildman–Crippen MR) is 84.2 cm³/mol. The van der Waals surface area contributed by atoms with Crippen molar-refractivity contribution in [2.75, 3.05) is 0 Å². The minimum atomic E-state index is -1.24. The highest BCUT2D eigenvalue weighted by molar-refractivity contribution is 6.25. The van der Waals surface area contributed by atoms with E-state index >= 15 is 0 Å². The molecular formula is C19H14O4. The van der Waals surface area contributed by atoms with Crippen molar-refractivity contribution in [3.63, 3.8) is 0 Å². The highest BCUT2D eigenvalue weighted by Gasteiger charge is 2.42. The molecule has 2 aliphatic rings. The van der Waals surface area contributed by atoms with E-state index in [1.165, 1.54) is 0 Å². The number of benzene rings is 2. The molecule has 0 bridgehead atoms. The van der Waals surface area contributed by atoms with Crippen LogP contribution in [0.3, 0.4) is 0 Å². The van der Waals surface area contributed by atoms with Crippen molar-refractivity contribution < 1.29 is 19.1 Å². The SMILES string of the molecule is CC1(C)OC(=O)C(=C2c3ccccc3-c3ccccc32)C(=O)O1. The number of esters is 2. The van der Waals surface area contributed by atoms with E-state index in [9.17, 15) is 9.59 Å². The Bertz CT molecular complexity index is 820. The second kappa shape index (κ2) is 4.56. The van der Waals surface area contributed by atoms with Crippen molar-refractivity contribution in [1.29, 1.82) is 0 Å². The largest absolute Gasteiger partial charge is 0.419 e. The summed E-state index contributed by atoms with van der Waals surface area (Å²) in [6.45, 7) is 3.08. The molecule has 0 spiro atoms. The van der Waals surface area contributed by atoms with Crippen LogP contribution < -0.4 is 0 Å². The van der Waals surface area contributed by atoms with Crippen LogP contribution in [-0.4, -0.2) is 17.7 Å². The fraction of sp³-hybridized carbons (Fsp3) is 0.158. The van der Waals surface area contributed by atoms with Gasteiger partial charge in [0.1, 0.15) is 0 Å². The number of fused-ring (bicyclic) bond motifs is 3. The van der Waals surface area contributed by atoms with Crippen LogP contribution in [0.4, 0.5) is 0 Å². The molecule has 114 valence electrons. The maximum absolute atomic E-state index is 12.4. The summed E-state index contributed by atoms with van der Waals surface area (Å²) in [4.78, 5) is 24.9. The van der Waals surface area contributed by atoms with Gasteiger partial charge in [-0.05, 0) is 22.3 Å². The molecule has 0 saturated carbocycles. The second-order valence-corrected chi connectivity index (χ2v) is 6.02. The molecule has 0 N–H and O–H groups in total. The summed E-state index contributed by atoms with van der Waals surface area (Å²) in [7, 11) is 0. The lowest BCUT2D eigenvalue weighted by molar-refractivity contribution is -0.222. The van der Waals surface area contributed by atoms with Gasteiger partial charge in [-0.1, -0.05) is 48.5 Å². The van der Waals surface area contributed by atoms with E-state index in [2.05, 4.69) is 0 Å². The number of rotatable bonds is 0. The van der Waals surface area contributed by atoms with Gasteiger partial charge >= 0.3 is 11.9 Å². The van der Waals surface area contributed by atoms with Gasteiger partial charge in [0.2, 0.25) is 0 Å². The van der Waals surface area contributed by atoms with Gasteiger partial charge in [0.15, 0.2) is 5.57 Å². The number of hydrogen-bond donors (Lipinski definition) is 0. The van der Waals surface area contributed by atoms with E-state index in [0.717, 1.165) is 22.3 Å². The van der Waals surface area contributed by atoms with Crippen molar-refractivity contribution in [2.45, 2.75) is 19.6 Å². The molecule has 0 amide bonds. The minimum absolute atomic E-state index is 0.0401. The molecule has 1 aliphatic carbocycles. The predicted octanol–water partition coefficient (Wildman–Crippen LogP) is 3.31. The topological polar surface area (TPSA) is 52.6 Å². The van der Waals surface area contributed by atoms with Gasteiger partial charge in [-0.15, -0.1) is 0 Å². The molecule has 2 aromatic rings. The van der Waals surface area contributed by atoms with E-state index in [0.29, 0.717) is 5.57 Å². The van der Waals surface area contributed by atoms with Gasteiger partial charge in [0.05, 0.1) is 0 Å². The van der Waals surface area contributed by atoms with Crippen molar-refractivity contribution in [1.82, 2.24) is 0 Å². The van der Waals surface area contributed by atoms with E-state index < -0.39 is 17.7 Å². The van der Waals surface area contributed by atoms with Gasteiger partial charge in [-0.2, -0.15) is 0 Å². The molecule has 23 heavy (non-hydrogen) atoms. The van der Waals surface area contributed by atoms with Crippen LogP contribution >= 0.6 is 0 Å². The highest BCUT2D eigenvalue weighted by atomic mass is 16.7. The maximum Gasteiger partial charge on any atom is 0.349 e. The minimum Gasteiger partial charge on any atom is -0.419 e. The van der Waals surface area contributed by atoms with Crippen molar-refractivity contribution in [2.24, 2.45) is 0 Å². The van der Waals surface area contributed by atoms with Crippen LogP contribution in [0, 0.1) is 0 Å². The average Bonchev–Trinajstić information content (AvgIpc) is 2.81. The van der Waals surface area contributed by atoms with Crippen LogP contribution in [0.2, 0.25) is 0 Å². The summed E-state index contributed by atoms with van der Waals surface area (Å²) in [5.41, 5.74) is 4.23. The first-order chi connectivity index (χ1) is 11.0. The summed E-state index contributed by atoms with van der Waals surface area (Å²) in [5.74, 6) is -2.53. The van der Waals surface area contributed by atoms with E-state index in [1.807, 2.05) is 48.5 Å². The van der Waals surface area contributed by atoms with Gasteiger partial charge in [0, 0.05) is 19.4 Å². The number of ether oxygens (including phenoxy) is 2. The van der Waals surface area contributed by atoms with Crippen LogP contribution in [0.25, 0.3) is 16.7 Å². The molecule has 0 unspecified atom stereocenters. The summed E-state index contributed by atoms with van der Waals surface area (Å²) < 4.78 is 10.5. The zero-order valence-electron chi connectivity index (χ0n) is 12.8. The fourth-order valence-electron chi connectivity index (χ4n) is 3.14. The van der Waals surface area contributed by atoms with Crippen LogP contribution in [0.1, 0.15) is 25.0 Å². The zero-order chi connectivity index (χ0) is 16.2. The van der Waals surface area contributed by atoms with Crippen molar-refractivity contribution in [3.8, 4) is 11.1 Å². The Hall–Kier alpha value is -2.88. The van der Waals surface area contributed by atoms with Gasteiger partial charge in [-0.3, -0.25) is 0 Å². The normalized spacial score (nSPS) is 18.2. The van der Waals surface area contributed by atoms with E-state index in [1.54, 1.807) is 13.8 Å². The van der Waals surface area contributed by atoms with Crippen LogP contribution in [0.15, 0.2) is 54.1 Å². The lowest BCUT2D eigenvalue weighted by Gasteiger charge is -2.30. The summed E-state index contributed by atoms with van der Waals surface area (Å²) in [6.07, 6.45) is 0. The number of cyclic esters (lactones) is 2. The number of carbonyl (C=O) groups is 2. The fourth-order valence-corrected chi connectivity index (χ4v) is 3.14. The van der Waals surface area contributed by atoms with E-state index in [4.69, 9.17) is 9.47 Å². The monoisotopic (exact) mass is 306 g/mol. The molecule has 1 saturated heterocycles. The third kappa shape index (κ3) is 1.99. The smallest absolute Gasteiger partial charge is 0.349 e. The molecule has 0 atom stereocenters. The van der Waals surface area contributed by atoms with Gasteiger partial charge in [-0.25, -0.2) is 9.59 Å². The molecule has 2 aromatic carbocycles. The van der Waals surface area contributed by atoms with E-state index in [-0.39, 0.29) is 5.57 Å². The lowest BCUT2D eigenvalue weighted by atomic mass is 9.97. The number of carbonyl (C=O) groups excluding carboxylic acids is 2. The Labute approximate surface area is 133 Å². The average molecular weight is 306 g/mol. The van der Waals surface area contributed by atoms with Crippen LogP contribution in [-0.2, 0) is 19.1 Å². The van der Waals surface area contributed by atoms with Gasteiger partial charge in [0.25, 0.3) is 5.79 Å². The van der Waals surface area contributed by atoms with Crippen molar-refractivity contribution in [3.05, 3.63) is 65.2 Å². The molecule has 0 radical (unpaired) electrons. The third-order valence-electron chi connectivity index (χ3n) is 4.02. The first-order valence-electron chi connectivity index (χ1n) is 7.38. The first-order valence-corrected chi connectivity index (χ1v) is 7.38. The molecule has 4 heteroatoms. The molecule has 1 aliphatic heterocycles. The first kappa shape index (κ1) is 13.8. The van der Waals surface area contributed by atoms with Crippen LogP contribution in [0.5, 0.6) is 0 Å². The van der Waals surface area contributed by atoms with Crippen molar-refractivity contribution >= 4 is 17.5 Å². The molecular weight excluding hydrogens is 292 g/mol. The Balaban J connectivity index is 2.02. The summed E-state index contributed by atoms with van der Waals surface area (Å²) in [6, 6.07) is 15.4. The molecule has 0 aromatic heterocycles. The maximum atomic E-state index is 12.4.